The fourth-order valence-electron chi connectivity index (χ4n) is 1.80. The highest BCUT2D eigenvalue weighted by Gasteiger charge is 2.11. The van der Waals surface area contributed by atoms with Gasteiger partial charge in [-0.25, -0.2) is 9.37 Å². The number of pyridine rings is 1. The van der Waals surface area contributed by atoms with Gasteiger partial charge in [-0.05, 0) is 37.1 Å². The number of nitrogens with zero attached hydrogens (tertiary/aromatic N) is 1. The van der Waals surface area contributed by atoms with E-state index in [1.54, 1.807) is 18.2 Å². The molecular weight excluding hydrogens is 322 g/mol. The van der Waals surface area contributed by atoms with E-state index in [0.29, 0.717) is 22.3 Å². The van der Waals surface area contributed by atoms with E-state index in [9.17, 15) is 4.39 Å². The molecule has 2 rings (SSSR count). The minimum atomic E-state index is -0.247. The summed E-state index contributed by atoms with van der Waals surface area (Å²) in [5, 5.41) is 4.08. The summed E-state index contributed by atoms with van der Waals surface area (Å²) < 4.78 is 12.8. The molecule has 0 spiro atoms. The van der Waals surface area contributed by atoms with Crippen LogP contribution in [0.1, 0.15) is 12.5 Å². The molecule has 0 aliphatic carbocycles. The fourth-order valence-corrected chi connectivity index (χ4v) is 2.36. The molecule has 106 valence electrons. The van der Waals surface area contributed by atoms with Crippen LogP contribution in [0.2, 0.25) is 15.2 Å². The molecule has 2 aromatic rings. The molecule has 0 radical (unpaired) electrons. The molecule has 1 aromatic heterocycles. The van der Waals surface area contributed by atoms with Gasteiger partial charge in [-0.15, -0.1) is 0 Å². The van der Waals surface area contributed by atoms with Crippen LogP contribution in [0.3, 0.4) is 0 Å². The number of rotatable bonds is 4. The van der Waals surface area contributed by atoms with Crippen LogP contribution < -0.4 is 5.32 Å². The molecule has 0 saturated carbocycles. The van der Waals surface area contributed by atoms with Crippen molar-refractivity contribution in [1.82, 2.24) is 4.98 Å². The standard InChI is InChI=1S/C14H12Cl3FN2/c1-8(6-9-2-4-10(18)5-3-9)19-14-12(16)7-11(15)13(17)20-14/h2-5,7-8H,6H2,1H3,(H,19,20). The largest absolute Gasteiger partial charge is 0.366 e. The van der Waals surface area contributed by atoms with Crippen molar-refractivity contribution in [2.75, 3.05) is 5.32 Å². The van der Waals surface area contributed by atoms with Crippen molar-refractivity contribution in [3.8, 4) is 0 Å². The highest BCUT2D eigenvalue weighted by atomic mass is 35.5. The van der Waals surface area contributed by atoms with Crippen molar-refractivity contribution < 1.29 is 4.39 Å². The Morgan fingerprint density at radius 2 is 1.80 bits per heavy atom. The summed E-state index contributed by atoms with van der Waals surface area (Å²) >= 11 is 17.7. The number of benzene rings is 1. The van der Waals surface area contributed by atoms with Gasteiger partial charge >= 0.3 is 0 Å². The maximum atomic E-state index is 12.8. The SMILES string of the molecule is CC(Cc1ccc(F)cc1)Nc1nc(Cl)c(Cl)cc1Cl. The van der Waals surface area contributed by atoms with Gasteiger partial charge < -0.3 is 5.32 Å². The zero-order chi connectivity index (χ0) is 14.7. The van der Waals surface area contributed by atoms with E-state index in [1.165, 1.54) is 12.1 Å². The summed E-state index contributed by atoms with van der Waals surface area (Å²) in [6, 6.07) is 7.97. The Morgan fingerprint density at radius 3 is 2.45 bits per heavy atom. The number of hydrogen-bond donors (Lipinski definition) is 1. The number of nitrogens with one attached hydrogen (secondary N) is 1. The van der Waals surface area contributed by atoms with Crippen molar-refractivity contribution in [3.63, 3.8) is 0 Å². The summed E-state index contributed by atoms with van der Waals surface area (Å²) in [5.41, 5.74) is 1.02. The van der Waals surface area contributed by atoms with E-state index < -0.39 is 0 Å². The molecule has 0 fully saturated rings. The molecular formula is C14H12Cl3FN2. The first kappa shape index (κ1) is 15.4. The van der Waals surface area contributed by atoms with Gasteiger partial charge in [0.15, 0.2) is 0 Å². The molecule has 6 heteroatoms. The van der Waals surface area contributed by atoms with Gasteiger partial charge in [-0.3, -0.25) is 0 Å². The van der Waals surface area contributed by atoms with Gasteiger partial charge in [0.25, 0.3) is 0 Å². The van der Waals surface area contributed by atoms with E-state index in [2.05, 4.69) is 10.3 Å². The Balaban J connectivity index is 2.06. The molecule has 1 aromatic carbocycles. The van der Waals surface area contributed by atoms with E-state index in [0.717, 1.165) is 5.56 Å². The van der Waals surface area contributed by atoms with Crippen LogP contribution in [-0.4, -0.2) is 11.0 Å². The molecule has 0 aliphatic rings. The molecule has 1 N–H and O–H groups in total. The third kappa shape index (κ3) is 3.98. The number of aromatic nitrogens is 1. The predicted molar refractivity (Wildman–Crippen MR) is 82.5 cm³/mol. The van der Waals surface area contributed by atoms with Gasteiger partial charge in [-0.1, -0.05) is 46.9 Å². The maximum absolute atomic E-state index is 12.8. The predicted octanol–water partition coefficient (Wildman–Crippen LogP) is 5.22. The van der Waals surface area contributed by atoms with Gasteiger partial charge in [0.05, 0.1) is 10.0 Å². The molecule has 20 heavy (non-hydrogen) atoms. The number of hydrogen-bond acceptors (Lipinski definition) is 2. The molecule has 0 amide bonds. The van der Waals surface area contributed by atoms with Gasteiger partial charge in [0, 0.05) is 6.04 Å². The second kappa shape index (κ2) is 6.61. The summed E-state index contributed by atoms with van der Waals surface area (Å²) in [7, 11) is 0. The van der Waals surface area contributed by atoms with E-state index >= 15 is 0 Å². The second-order valence-corrected chi connectivity index (χ2v) is 5.64. The molecule has 1 atom stereocenters. The molecule has 0 bridgehead atoms. The molecule has 0 aliphatic heterocycles. The van der Waals surface area contributed by atoms with Crippen molar-refractivity contribution in [2.24, 2.45) is 0 Å². The van der Waals surface area contributed by atoms with Crippen molar-refractivity contribution in [1.29, 1.82) is 0 Å². The Hall–Kier alpha value is -1.03. The lowest BCUT2D eigenvalue weighted by Crippen LogP contribution is -2.19. The monoisotopic (exact) mass is 332 g/mol. The van der Waals surface area contributed by atoms with Crippen LogP contribution in [0.5, 0.6) is 0 Å². The third-order valence-electron chi connectivity index (χ3n) is 2.72. The van der Waals surface area contributed by atoms with Crippen LogP contribution in [0.25, 0.3) is 0 Å². The maximum Gasteiger partial charge on any atom is 0.150 e. The quantitative estimate of drug-likeness (QED) is 0.776. The Labute approximate surface area is 131 Å². The zero-order valence-corrected chi connectivity index (χ0v) is 12.9. The van der Waals surface area contributed by atoms with Crippen LogP contribution in [-0.2, 0) is 6.42 Å². The first-order chi connectivity index (χ1) is 9.45. The molecule has 1 heterocycles. The average molecular weight is 334 g/mol. The summed E-state index contributed by atoms with van der Waals surface area (Å²) in [5.74, 6) is 0.235. The van der Waals surface area contributed by atoms with Gasteiger partial charge in [0.2, 0.25) is 0 Å². The normalized spacial score (nSPS) is 12.2. The van der Waals surface area contributed by atoms with Gasteiger partial charge in [0.1, 0.15) is 16.8 Å². The Kier molecular flexibility index (Phi) is 5.08. The topological polar surface area (TPSA) is 24.9 Å². The molecule has 0 saturated heterocycles. The average Bonchev–Trinajstić information content (AvgIpc) is 2.39. The lowest BCUT2D eigenvalue weighted by Gasteiger charge is -2.16. The highest BCUT2D eigenvalue weighted by Crippen LogP contribution is 2.29. The summed E-state index contributed by atoms with van der Waals surface area (Å²) in [6.07, 6.45) is 0.707. The van der Waals surface area contributed by atoms with Crippen molar-refractivity contribution in [3.05, 3.63) is 56.9 Å². The summed E-state index contributed by atoms with van der Waals surface area (Å²) in [4.78, 5) is 4.10. The van der Waals surface area contributed by atoms with Crippen LogP contribution in [0.15, 0.2) is 30.3 Å². The number of halogens is 4. The number of anilines is 1. The van der Waals surface area contributed by atoms with Crippen LogP contribution >= 0.6 is 34.8 Å². The minimum Gasteiger partial charge on any atom is -0.366 e. The third-order valence-corrected chi connectivity index (χ3v) is 3.69. The van der Waals surface area contributed by atoms with Crippen LogP contribution in [0, 0.1) is 5.82 Å². The summed E-state index contributed by atoms with van der Waals surface area (Å²) in [6.45, 7) is 1.98. The molecule has 1 unspecified atom stereocenters. The van der Waals surface area contributed by atoms with Crippen LogP contribution in [0.4, 0.5) is 10.2 Å². The molecule has 2 nitrogen and oxygen atoms in total. The second-order valence-electron chi connectivity index (χ2n) is 4.47. The van der Waals surface area contributed by atoms with Crippen molar-refractivity contribution in [2.45, 2.75) is 19.4 Å². The smallest absolute Gasteiger partial charge is 0.150 e. The lowest BCUT2D eigenvalue weighted by atomic mass is 10.1. The van der Waals surface area contributed by atoms with Gasteiger partial charge in [-0.2, -0.15) is 0 Å². The first-order valence-electron chi connectivity index (χ1n) is 5.98. The van der Waals surface area contributed by atoms with Crippen molar-refractivity contribution >= 4 is 40.6 Å². The minimum absolute atomic E-state index is 0.0581. The Bertz CT molecular complexity index is 602. The van der Waals surface area contributed by atoms with E-state index in [4.69, 9.17) is 34.8 Å². The van der Waals surface area contributed by atoms with E-state index in [1.807, 2.05) is 6.92 Å². The highest BCUT2D eigenvalue weighted by molar-refractivity contribution is 6.42. The first-order valence-corrected chi connectivity index (χ1v) is 7.11. The lowest BCUT2D eigenvalue weighted by molar-refractivity contribution is 0.626. The zero-order valence-electron chi connectivity index (χ0n) is 10.6. The fraction of sp³-hybridized carbons (Fsp3) is 0.214. The Morgan fingerprint density at radius 1 is 1.15 bits per heavy atom. The van der Waals surface area contributed by atoms with E-state index in [-0.39, 0.29) is 17.0 Å².